The second kappa shape index (κ2) is 9.06. The smallest absolute Gasteiger partial charge is 0.229 e. The fourth-order valence-corrected chi connectivity index (χ4v) is 4.00. The molecule has 1 aliphatic rings. The van der Waals surface area contributed by atoms with Gasteiger partial charge >= 0.3 is 0 Å². The average molecular weight is 429 g/mol. The number of hydrogen-bond acceptors (Lipinski definition) is 7. The summed E-state index contributed by atoms with van der Waals surface area (Å²) in [5.41, 5.74) is 3.03. The quantitative estimate of drug-likeness (QED) is 0.498. The number of nitrogens with one attached hydrogen (secondary N) is 1. The second-order valence-electron chi connectivity index (χ2n) is 8.37. The number of aromatic nitrogens is 3. The molecule has 0 aliphatic carbocycles. The Morgan fingerprint density at radius 3 is 2.22 bits per heavy atom. The largest absolute Gasteiger partial charge is 0.430 e. The van der Waals surface area contributed by atoms with Crippen LogP contribution in [-0.4, -0.2) is 70.6 Å². The molecule has 1 fully saturated rings. The number of likely N-dealkylation sites (N-methyl/N-ethyl adjacent to an activating group) is 1. The average Bonchev–Trinajstić information content (AvgIpc) is 3.28. The fourth-order valence-electron chi connectivity index (χ4n) is 4.00. The molecule has 1 aliphatic heterocycles. The molecular formula is C25H28N6O. The number of hydrogen-bond donors (Lipinski definition) is 1. The molecule has 7 heteroatoms. The van der Waals surface area contributed by atoms with Crippen LogP contribution in [0.1, 0.15) is 6.92 Å². The van der Waals surface area contributed by atoms with Crippen LogP contribution in [0.2, 0.25) is 0 Å². The standard InChI is InChI=1S/C25H28N6O/c1-18(31-15-13-30(2)14-16-31)17-26-23-21-24(28-22(27-23)19-9-5-3-6-10-19)29-25(32-21)20-11-7-4-8-12-20/h3-12,18H,13-17H2,1-2H3,(H,26,27,28). The number of fused-ring (bicyclic) bond motifs is 1. The van der Waals surface area contributed by atoms with Crippen LogP contribution in [-0.2, 0) is 0 Å². The summed E-state index contributed by atoms with van der Waals surface area (Å²) in [4.78, 5) is 19.1. The summed E-state index contributed by atoms with van der Waals surface area (Å²) in [5, 5.41) is 3.53. The minimum absolute atomic E-state index is 0.380. The van der Waals surface area contributed by atoms with E-state index in [0.29, 0.717) is 34.8 Å². The molecule has 7 nitrogen and oxygen atoms in total. The number of benzene rings is 2. The maximum atomic E-state index is 6.15. The predicted octanol–water partition coefficient (Wildman–Crippen LogP) is 4.00. The van der Waals surface area contributed by atoms with Gasteiger partial charge in [0.2, 0.25) is 17.1 Å². The molecule has 0 amide bonds. The van der Waals surface area contributed by atoms with Crippen LogP contribution in [0.4, 0.5) is 5.82 Å². The highest BCUT2D eigenvalue weighted by Gasteiger charge is 2.21. The van der Waals surface area contributed by atoms with Gasteiger partial charge in [-0.3, -0.25) is 4.90 Å². The first-order valence-corrected chi connectivity index (χ1v) is 11.1. The minimum Gasteiger partial charge on any atom is -0.430 e. The lowest BCUT2D eigenvalue weighted by Gasteiger charge is -2.36. The lowest BCUT2D eigenvalue weighted by atomic mass is 10.2. The summed E-state index contributed by atoms with van der Waals surface area (Å²) in [6.45, 7) is 7.38. The second-order valence-corrected chi connectivity index (χ2v) is 8.37. The minimum atomic E-state index is 0.380. The van der Waals surface area contributed by atoms with Crippen LogP contribution < -0.4 is 5.32 Å². The van der Waals surface area contributed by atoms with E-state index in [1.807, 2.05) is 60.7 Å². The van der Waals surface area contributed by atoms with Crippen molar-refractivity contribution in [3.05, 3.63) is 60.7 Å². The maximum Gasteiger partial charge on any atom is 0.229 e. The topological polar surface area (TPSA) is 70.3 Å². The molecule has 1 N–H and O–H groups in total. The number of rotatable bonds is 6. The zero-order valence-corrected chi connectivity index (χ0v) is 18.5. The number of nitrogens with zero attached hydrogens (tertiary/aromatic N) is 5. The van der Waals surface area contributed by atoms with Gasteiger partial charge in [0.25, 0.3) is 0 Å². The van der Waals surface area contributed by atoms with Gasteiger partial charge in [-0.2, -0.15) is 4.98 Å². The Kier molecular flexibility index (Phi) is 5.83. The first kappa shape index (κ1) is 20.6. The SMILES string of the molecule is CC(CNc1nc(-c2ccccc2)nc2nc(-c3ccccc3)oc12)N1CCN(C)CC1. The van der Waals surface area contributed by atoms with Crippen LogP contribution in [0.25, 0.3) is 34.1 Å². The van der Waals surface area contributed by atoms with Crippen molar-refractivity contribution in [2.45, 2.75) is 13.0 Å². The molecule has 0 spiro atoms. The molecule has 3 heterocycles. The summed E-state index contributed by atoms with van der Waals surface area (Å²) < 4.78 is 6.15. The number of piperazine rings is 1. The van der Waals surface area contributed by atoms with Crippen molar-refractivity contribution >= 4 is 17.0 Å². The van der Waals surface area contributed by atoms with Gasteiger partial charge in [0.05, 0.1) is 0 Å². The van der Waals surface area contributed by atoms with Gasteiger partial charge in [0.15, 0.2) is 11.6 Å². The van der Waals surface area contributed by atoms with Gasteiger partial charge in [0, 0.05) is 49.9 Å². The van der Waals surface area contributed by atoms with Gasteiger partial charge < -0.3 is 14.6 Å². The van der Waals surface area contributed by atoms with E-state index in [-0.39, 0.29) is 0 Å². The predicted molar refractivity (Wildman–Crippen MR) is 127 cm³/mol. The molecule has 32 heavy (non-hydrogen) atoms. The first-order chi connectivity index (χ1) is 15.7. The van der Waals surface area contributed by atoms with Crippen LogP contribution in [0.5, 0.6) is 0 Å². The molecule has 2 aromatic carbocycles. The zero-order valence-electron chi connectivity index (χ0n) is 18.5. The third kappa shape index (κ3) is 4.35. The molecule has 1 unspecified atom stereocenters. The van der Waals surface area contributed by atoms with Crippen molar-refractivity contribution in [3.8, 4) is 22.8 Å². The molecule has 4 aromatic rings. The third-order valence-corrected chi connectivity index (χ3v) is 6.03. The Morgan fingerprint density at radius 1 is 0.875 bits per heavy atom. The van der Waals surface area contributed by atoms with Crippen molar-refractivity contribution in [2.75, 3.05) is 45.1 Å². The van der Waals surface area contributed by atoms with E-state index in [4.69, 9.17) is 14.4 Å². The van der Waals surface area contributed by atoms with Crippen molar-refractivity contribution < 1.29 is 4.42 Å². The monoisotopic (exact) mass is 428 g/mol. The molecule has 1 atom stereocenters. The summed E-state index contributed by atoms with van der Waals surface area (Å²) in [7, 11) is 2.18. The fraction of sp³-hybridized carbons (Fsp3) is 0.320. The van der Waals surface area contributed by atoms with E-state index in [0.717, 1.165) is 43.9 Å². The van der Waals surface area contributed by atoms with E-state index in [1.54, 1.807) is 0 Å². The summed E-state index contributed by atoms with van der Waals surface area (Å²) in [5.74, 6) is 1.88. The van der Waals surface area contributed by atoms with Crippen molar-refractivity contribution in [2.24, 2.45) is 0 Å². The number of oxazole rings is 1. The van der Waals surface area contributed by atoms with Gasteiger partial charge in [-0.25, -0.2) is 9.97 Å². The summed E-state index contributed by atoms with van der Waals surface area (Å²) in [6.07, 6.45) is 0. The Morgan fingerprint density at radius 2 is 1.53 bits per heavy atom. The zero-order chi connectivity index (χ0) is 21.9. The molecule has 1 saturated heterocycles. The van der Waals surface area contributed by atoms with Crippen LogP contribution in [0.3, 0.4) is 0 Å². The number of anilines is 1. The van der Waals surface area contributed by atoms with E-state index in [1.165, 1.54) is 0 Å². The van der Waals surface area contributed by atoms with Gasteiger partial charge in [-0.05, 0) is 26.1 Å². The molecule has 0 saturated carbocycles. The van der Waals surface area contributed by atoms with Gasteiger partial charge in [0.1, 0.15) is 0 Å². The Balaban J connectivity index is 1.47. The highest BCUT2D eigenvalue weighted by atomic mass is 16.3. The Bertz CT molecular complexity index is 1170. The molecule has 0 bridgehead atoms. The van der Waals surface area contributed by atoms with Gasteiger partial charge in [-0.1, -0.05) is 48.5 Å². The lowest BCUT2D eigenvalue weighted by Crippen LogP contribution is -2.49. The van der Waals surface area contributed by atoms with Crippen molar-refractivity contribution in [3.63, 3.8) is 0 Å². The van der Waals surface area contributed by atoms with Gasteiger partial charge in [-0.15, -0.1) is 0 Å². The Labute approximate surface area is 188 Å². The molecule has 164 valence electrons. The summed E-state index contributed by atoms with van der Waals surface area (Å²) >= 11 is 0. The van der Waals surface area contributed by atoms with E-state index >= 15 is 0 Å². The lowest BCUT2D eigenvalue weighted by molar-refractivity contribution is 0.123. The highest BCUT2D eigenvalue weighted by molar-refractivity contribution is 5.84. The van der Waals surface area contributed by atoms with Crippen molar-refractivity contribution in [1.82, 2.24) is 24.8 Å². The van der Waals surface area contributed by atoms with E-state index < -0.39 is 0 Å². The first-order valence-electron chi connectivity index (χ1n) is 11.1. The van der Waals surface area contributed by atoms with E-state index in [2.05, 4.69) is 34.1 Å². The highest BCUT2D eigenvalue weighted by Crippen LogP contribution is 2.29. The van der Waals surface area contributed by atoms with Crippen LogP contribution in [0.15, 0.2) is 65.1 Å². The summed E-state index contributed by atoms with van der Waals surface area (Å²) in [6, 6.07) is 20.3. The van der Waals surface area contributed by atoms with Crippen LogP contribution >= 0.6 is 0 Å². The molecule has 5 rings (SSSR count). The third-order valence-electron chi connectivity index (χ3n) is 6.03. The van der Waals surface area contributed by atoms with Crippen LogP contribution in [0, 0.1) is 0 Å². The molecular weight excluding hydrogens is 400 g/mol. The Hall–Kier alpha value is -3.29. The molecule has 2 aromatic heterocycles. The van der Waals surface area contributed by atoms with Crippen molar-refractivity contribution in [1.29, 1.82) is 0 Å². The molecule has 0 radical (unpaired) electrons. The van der Waals surface area contributed by atoms with E-state index in [9.17, 15) is 0 Å². The normalized spacial score (nSPS) is 16.3. The maximum absolute atomic E-state index is 6.15.